The Hall–Kier alpha value is -2.14. The van der Waals surface area contributed by atoms with Crippen LogP contribution in [0.3, 0.4) is 0 Å². The Labute approximate surface area is 118 Å². The number of benzene rings is 1. The number of carbonyl (C=O) groups is 1. The molecule has 1 aliphatic rings. The van der Waals surface area contributed by atoms with Crippen LogP contribution in [0.15, 0.2) is 42.7 Å². The Balaban J connectivity index is 1.66. The third-order valence-corrected chi connectivity index (χ3v) is 3.53. The fraction of sp³-hybridized carbons (Fsp3) is 0.333. The fourth-order valence-corrected chi connectivity index (χ4v) is 2.43. The van der Waals surface area contributed by atoms with Crippen molar-refractivity contribution in [2.24, 2.45) is 0 Å². The molecule has 1 saturated heterocycles. The van der Waals surface area contributed by atoms with Crippen molar-refractivity contribution >= 4 is 5.91 Å². The molecular weight excluding hydrogens is 252 g/mol. The number of hydrogen-bond acceptors (Lipinski definition) is 3. The van der Waals surface area contributed by atoms with Crippen molar-refractivity contribution in [1.82, 2.24) is 20.4 Å². The maximum absolute atomic E-state index is 12.1. The van der Waals surface area contributed by atoms with E-state index in [0.717, 1.165) is 31.6 Å². The highest BCUT2D eigenvalue weighted by atomic mass is 16.1. The largest absolute Gasteiger partial charge is 0.348 e. The Morgan fingerprint density at radius 2 is 2.20 bits per heavy atom. The van der Waals surface area contributed by atoms with Crippen LogP contribution < -0.4 is 10.6 Å². The molecule has 1 amide bonds. The summed E-state index contributed by atoms with van der Waals surface area (Å²) < 4.78 is 1.77. The molecule has 104 valence electrons. The molecule has 1 fully saturated rings. The first-order chi connectivity index (χ1) is 9.83. The average molecular weight is 270 g/mol. The molecule has 5 heteroatoms. The molecule has 0 aliphatic carbocycles. The van der Waals surface area contributed by atoms with Gasteiger partial charge in [0, 0.05) is 30.5 Å². The third-order valence-electron chi connectivity index (χ3n) is 3.53. The van der Waals surface area contributed by atoms with Crippen molar-refractivity contribution in [2.75, 3.05) is 13.1 Å². The van der Waals surface area contributed by atoms with E-state index >= 15 is 0 Å². The molecule has 1 aromatic heterocycles. The summed E-state index contributed by atoms with van der Waals surface area (Å²) in [7, 11) is 0. The van der Waals surface area contributed by atoms with Gasteiger partial charge in [-0.05, 0) is 49.7 Å². The average Bonchev–Trinajstić information content (AvgIpc) is 3.03. The van der Waals surface area contributed by atoms with E-state index < -0.39 is 0 Å². The SMILES string of the molecule is O=C(N[C@H]1CCCNC1)c1ccc(-n2cccn2)cc1. The van der Waals surface area contributed by atoms with E-state index in [1.807, 2.05) is 36.5 Å². The highest BCUT2D eigenvalue weighted by Gasteiger charge is 2.16. The van der Waals surface area contributed by atoms with Gasteiger partial charge in [-0.2, -0.15) is 5.10 Å². The lowest BCUT2D eigenvalue weighted by Gasteiger charge is -2.23. The molecule has 1 atom stereocenters. The quantitative estimate of drug-likeness (QED) is 0.885. The minimum atomic E-state index is -0.00860. The van der Waals surface area contributed by atoms with Crippen LogP contribution in [-0.4, -0.2) is 34.8 Å². The van der Waals surface area contributed by atoms with Crippen LogP contribution in [0.1, 0.15) is 23.2 Å². The summed E-state index contributed by atoms with van der Waals surface area (Å²) >= 11 is 0. The first kappa shape index (κ1) is 12.9. The smallest absolute Gasteiger partial charge is 0.251 e. The van der Waals surface area contributed by atoms with Gasteiger partial charge in [0.15, 0.2) is 0 Å². The number of hydrogen-bond donors (Lipinski definition) is 2. The zero-order valence-electron chi connectivity index (χ0n) is 11.2. The highest BCUT2D eigenvalue weighted by Crippen LogP contribution is 2.09. The number of piperidine rings is 1. The molecule has 5 nitrogen and oxygen atoms in total. The van der Waals surface area contributed by atoms with E-state index in [1.54, 1.807) is 10.9 Å². The summed E-state index contributed by atoms with van der Waals surface area (Å²) in [4.78, 5) is 12.1. The van der Waals surface area contributed by atoms with Crippen molar-refractivity contribution in [2.45, 2.75) is 18.9 Å². The van der Waals surface area contributed by atoms with Crippen molar-refractivity contribution in [3.8, 4) is 5.69 Å². The second-order valence-corrected chi connectivity index (χ2v) is 5.01. The van der Waals surface area contributed by atoms with E-state index in [-0.39, 0.29) is 11.9 Å². The number of amides is 1. The summed E-state index contributed by atoms with van der Waals surface area (Å²) in [5.41, 5.74) is 1.64. The van der Waals surface area contributed by atoms with Crippen molar-refractivity contribution in [3.05, 3.63) is 48.3 Å². The predicted molar refractivity (Wildman–Crippen MR) is 76.9 cm³/mol. The van der Waals surface area contributed by atoms with Crippen LogP contribution in [0, 0.1) is 0 Å². The first-order valence-electron chi connectivity index (χ1n) is 6.94. The van der Waals surface area contributed by atoms with Gasteiger partial charge >= 0.3 is 0 Å². The van der Waals surface area contributed by atoms with Crippen LogP contribution in [-0.2, 0) is 0 Å². The van der Waals surface area contributed by atoms with Gasteiger partial charge in [0.1, 0.15) is 0 Å². The zero-order valence-corrected chi connectivity index (χ0v) is 11.2. The second-order valence-electron chi connectivity index (χ2n) is 5.01. The molecular formula is C15H18N4O. The van der Waals surface area contributed by atoms with Gasteiger partial charge in [0.2, 0.25) is 0 Å². The fourth-order valence-electron chi connectivity index (χ4n) is 2.43. The minimum absolute atomic E-state index is 0.00860. The maximum atomic E-state index is 12.1. The second kappa shape index (κ2) is 5.88. The third kappa shape index (κ3) is 2.88. The first-order valence-corrected chi connectivity index (χ1v) is 6.94. The van der Waals surface area contributed by atoms with Crippen LogP contribution in [0.25, 0.3) is 5.69 Å². The molecule has 1 aliphatic heterocycles. The van der Waals surface area contributed by atoms with Gasteiger partial charge < -0.3 is 10.6 Å². The van der Waals surface area contributed by atoms with Crippen LogP contribution in [0.4, 0.5) is 0 Å². The molecule has 0 spiro atoms. The monoisotopic (exact) mass is 270 g/mol. The summed E-state index contributed by atoms with van der Waals surface area (Å²) in [6.07, 6.45) is 5.77. The molecule has 0 radical (unpaired) electrons. The van der Waals surface area contributed by atoms with Crippen molar-refractivity contribution < 1.29 is 4.79 Å². The molecule has 0 unspecified atom stereocenters. The zero-order chi connectivity index (χ0) is 13.8. The van der Waals surface area contributed by atoms with E-state index in [4.69, 9.17) is 0 Å². The van der Waals surface area contributed by atoms with Crippen molar-refractivity contribution in [3.63, 3.8) is 0 Å². The molecule has 1 aromatic carbocycles. The molecule has 2 heterocycles. The molecule has 2 aromatic rings. The molecule has 3 rings (SSSR count). The van der Waals surface area contributed by atoms with Gasteiger partial charge in [-0.15, -0.1) is 0 Å². The predicted octanol–water partition coefficient (Wildman–Crippen LogP) is 1.35. The van der Waals surface area contributed by atoms with E-state index in [2.05, 4.69) is 15.7 Å². The number of nitrogens with one attached hydrogen (secondary N) is 2. The van der Waals surface area contributed by atoms with Crippen molar-refractivity contribution in [1.29, 1.82) is 0 Å². The van der Waals surface area contributed by atoms with E-state index in [9.17, 15) is 4.79 Å². The standard InChI is InChI=1S/C15H18N4O/c20-15(18-13-3-1-8-16-11-13)12-4-6-14(7-5-12)19-10-2-9-17-19/h2,4-7,9-10,13,16H,1,3,8,11H2,(H,18,20)/t13-/m0/s1. The molecule has 0 bridgehead atoms. The summed E-state index contributed by atoms with van der Waals surface area (Å²) in [6, 6.07) is 9.59. The van der Waals surface area contributed by atoms with Gasteiger partial charge in [-0.25, -0.2) is 4.68 Å². The van der Waals surface area contributed by atoms with E-state index in [0.29, 0.717) is 5.56 Å². The minimum Gasteiger partial charge on any atom is -0.348 e. The lowest BCUT2D eigenvalue weighted by atomic mass is 10.1. The van der Waals surface area contributed by atoms with Gasteiger partial charge in [0.05, 0.1) is 5.69 Å². The summed E-state index contributed by atoms with van der Waals surface area (Å²) in [5, 5.41) is 10.5. The summed E-state index contributed by atoms with van der Waals surface area (Å²) in [6.45, 7) is 1.90. The lowest BCUT2D eigenvalue weighted by molar-refractivity contribution is 0.0930. The topological polar surface area (TPSA) is 59.0 Å². The number of nitrogens with zero attached hydrogens (tertiary/aromatic N) is 2. The summed E-state index contributed by atoms with van der Waals surface area (Å²) in [5.74, 6) is -0.00860. The molecule has 2 N–H and O–H groups in total. The van der Waals surface area contributed by atoms with Crippen LogP contribution in [0.2, 0.25) is 0 Å². The normalized spacial score (nSPS) is 18.7. The number of rotatable bonds is 3. The van der Waals surface area contributed by atoms with E-state index in [1.165, 1.54) is 0 Å². The Bertz CT molecular complexity index is 556. The maximum Gasteiger partial charge on any atom is 0.251 e. The van der Waals surface area contributed by atoms with Crippen LogP contribution >= 0.6 is 0 Å². The molecule has 0 saturated carbocycles. The van der Waals surface area contributed by atoms with Gasteiger partial charge in [-0.1, -0.05) is 0 Å². The highest BCUT2D eigenvalue weighted by molar-refractivity contribution is 5.94. The van der Waals surface area contributed by atoms with Gasteiger partial charge in [0.25, 0.3) is 5.91 Å². The van der Waals surface area contributed by atoms with Gasteiger partial charge in [-0.3, -0.25) is 4.79 Å². The van der Waals surface area contributed by atoms with Crippen LogP contribution in [0.5, 0.6) is 0 Å². The number of aromatic nitrogens is 2. The Morgan fingerprint density at radius 3 is 2.85 bits per heavy atom. The Morgan fingerprint density at radius 1 is 1.35 bits per heavy atom. The Kier molecular flexibility index (Phi) is 3.78. The number of carbonyl (C=O) groups excluding carboxylic acids is 1. The molecule has 20 heavy (non-hydrogen) atoms. The lowest BCUT2D eigenvalue weighted by Crippen LogP contribution is -2.45.